The first-order valence-corrected chi connectivity index (χ1v) is 6.09. The second-order valence-corrected chi connectivity index (χ2v) is 4.09. The summed E-state index contributed by atoms with van der Waals surface area (Å²) in [5, 5.41) is 3.03. The number of alkyl halides is 3. The summed E-state index contributed by atoms with van der Waals surface area (Å²) in [6.45, 7) is 5.44. The number of rotatable bonds is 1. The average molecular weight is 253 g/mol. The van der Waals surface area contributed by atoms with E-state index in [2.05, 4.69) is 5.32 Å². The van der Waals surface area contributed by atoms with Gasteiger partial charge >= 0.3 is 6.18 Å². The first-order chi connectivity index (χ1) is 7.95. The van der Waals surface area contributed by atoms with Gasteiger partial charge in [-0.05, 0) is 38.6 Å². The highest BCUT2D eigenvalue weighted by atomic mass is 19.4. The van der Waals surface area contributed by atoms with E-state index in [0.717, 1.165) is 6.29 Å². The molecule has 2 aliphatic carbocycles. The Morgan fingerprint density at radius 1 is 1.18 bits per heavy atom. The fraction of sp³-hybridized carbons (Fsp3) is 0.917. The van der Waals surface area contributed by atoms with Gasteiger partial charge in [-0.25, -0.2) is 0 Å². The maximum absolute atomic E-state index is 12.2. The van der Waals surface area contributed by atoms with Gasteiger partial charge < -0.3 is 10.1 Å². The molecule has 2 nitrogen and oxygen atoms in total. The molecule has 2 unspecified atom stereocenters. The van der Waals surface area contributed by atoms with Crippen LogP contribution in [0.4, 0.5) is 13.2 Å². The second-order valence-electron chi connectivity index (χ2n) is 4.09. The van der Waals surface area contributed by atoms with Gasteiger partial charge in [-0.2, -0.15) is 13.2 Å². The van der Waals surface area contributed by atoms with Crippen LogP contribution in [0.25, 0.3) is 0 Å². The summed E-state index contributed by atoms with van der Waals surface area (Å²) >= 11 is 0. The van der Waals surface area contributed by atoms with Crippen molar-refractivity contribution in [2.45, 2.75) is 45.8 Å². The zero-order valence-electron chi connectivity index (χ0n) is 10.8. The van der Waals surface area contributed by atoms with E-state index in [4.69, 9.17) is 4.79 Å². The summed E-state index contributed by atoms with van der Waals surface area (Å²) in [5.74, 6) is -1.10. The summed E-state index contributed by atoms with van der Waals surface area (Å²) in [6, 6.07) is 0.332. The Morgan fingerprint density at radius 2 is 1.53 bits per heavy atom. The molecule has 2 fully saturated rings. The third-order valence-corrected chi connectivity index (χ3v) is 3.23. The molecular formula is C12H22F3NO. The molecule has 2 rings (SSSR count). The van der Waals surface area contributed by atoms with Crippen LogP contribution in [0.3, 0.4) is 0 Å². The van der Waals surface area contributed by atoms with Gasteiger partial charge in [0.2, 0.25) is 0 Å². The molecule has 2 saturated carbocycles. The Hall–Kier alpha value is -0.580. The van der Waals surface area contributed by atoms with Crippen LogP contribution in [0.1, 0.15) is 33.6 Å². The molecular weight excluding hydrogens is 231 g/mol. The number of hydrogen-bond acceptors (Lipinski definition) is 2. The number of carbonyl (C=O) groups is 1. The lowest BCUT2D eigenvalue weighted by molar-refractivity contribution is -0.156. The summed E-state index contributed by atoms with van der Waals surface area (Å²) in [4.78, 5) is 8.81. The van der Waals surface area contributed by atoms with Crippen molar-refractivity contribution in [3.05, 3.63) is 0 Å². The normalized spacial score (nSPS) is 33.6. The van der Waals surface area contributed by atoms with E-state index in [1.54, 1.807) is 0 Å². The molecule has 0 amide bonds. The Balaban J connectivity index is 0.000000450. The molecule has 0 aromatic carbocycles. The lowest BCUT2D eigenvalue weighted by Gasteiger charge is -2.14. The topological polar surface area (TPSA) is 29.1 Å². The van der Waals surface area contributed by atoms with Crippen LogP contribution in [0, 0.1) is 17.8 Å². The van der Waals surface area contributed by atoms with Crippen molar-refractivity contribution in [2.75, 3.05) is 7.05 Å². The highest BCUT2D eigenvalue weighted by molar-refractivity contribution is 5.44. The third kappa shape index (κ3) is 4.30. The molecule has 0 aromatic heterocycles. The van der Waals surface area contributed by atoms with Gasteiger partial charge in [0.15, 0.2) is 0 Å². The van der Waals surface area contributed by atoms with Crippen LogP contribution in [0.2, 0.25) is 0 Å². The van der Waals surface area contributed by atoms with Crippen LogP contribution >= 0.6 is 0 Å². The molecule has 0 saturated heterocycles. The van der Waals surface area contributed by atoms with Crippen molar-refractivity contribution < 1.29 is 18.0 Å². The third-order valence-electron chi connectivity index (χ3n) is 3.23. The van der Waals surface area contributed by atoms with Crippen molar-refractivity contribution >= 4 is 6.29 Å². The minimum atomic E-state index is -3.94. The Labute approximate surface area is 101 Å². The van der Waals surface area contributed by atoms with Crippen molar-refractivity contribution in [3.63, 3.8) is 0 Å². The number of hydrogen-bond donors (Lipinski definition) is 1. The standard InChI is InChI=1S/C8H12F3N.C2H4O.C2H6/c1-12-4-2-5-6(3-4)7(5)8(9,10)11;1-2-3;1-2/h4-7,12H,2-3H2,1H3;2H,1H3;1-2H3. The van der Waals surface area contributed by atoms with Crippen molar-refractivity contribution in [2.24, 2.45) is 17.8 Å². The zero-order chi connectivity index (χ0) is 13.6. The Morgan fingerprint density at radius 3 is 1.76 bits per heavy atom. The average Bonchev–Trinajstić information content (AvgIpc) is 2.81. The Kier molecular flexibility index (Phi) is 6.75. The van der Waals surface area contributed by atoms with E-state index < -0.39 is 12.1 Å². The molecule has 0 bridgehead atoms. The fourth-order valence-electron chi connectivity index (χ4n) is 2.56. The van der Waals surface area contributed by atoms with Crippen LogP contribution in [0.15, 0.2) is 0 Å². The summed E-state index contributed by atoms with van der Waals surface area (Å²) in [7, 11) is 1.82. The van der Waals surface area contributed by atoms with Crippen LogP contribution in [-0.4, -0.2) is 25.6 Å². The highest BCUT2D eigenvalue weighted by Crippen LogP contribution is 2.63. The van der Waals surface area contributed by atoms with Crippen LogP contribution in [-0.2, 0) is 4.79 Å². The molecule has 0 aromatic rings. The molecule has 0 radical (unpaired) electrons. The molecule has 0 spiro atoms. The molecule has 1 N–H and O–H groups in total. The number of carbonyl (C=O) groups excluding carboxylic acids is 1. The van der Waals surface area contributed by atoms with Crippen molar-refractivity contribution in [1.29, 1.82) is 0 Å². The highest BCUT2D eigenvalue weighted by Gasteiger charge is 2.66. The van der Waals surface area contributed by atoms with E-state index in [9.17, 15) is 13.2 Å². The van der Waals surface area contributed by atoms with Gasteiger partial charge in [0.05, 0.1) is 5.92 Å². The number of aldehydes is 1. The van der Waals surface area contributed by atoms with Crippen molar-refractivity contribution in [3.8, 4) is 0 Å². The molecule has 2 aliphatic rings. The quantitative estimate of drug-likeness (QED) is 0.728. The SMILES string of the molecule is CC.CC=O.CNC1CC2C(C1)C2C(F)(F)F. The van der Waals surface area contributed by atoms with Crippen LogP contribution < -0.4 is 5.32 Å². The molecule has 0 heterocycles. The predicted octanol–water partition coefficient (Wildman–Crippen LogP) is 3.02. The van der Waals surface area contributed by atoms with Gasteiger partial charge in [-0.3, -0.25) is 0 Å². The summed E-state index contributed by atoms with van der Waals surface area (Å²) in [6.07, 6.45) is -1.76. The van der Waals surface area contributed by atoms with Gasteiger partial charge in [-0.1, -0.05) is 13.8 Å². The number of fused-ring (bicyclic) bond motifs is 1. The van der Waals surface area contributed by atoms with E-state index in [1.807, 2.05) is 20.9 Å². The largest absolute Gasteiger partial charge is 0.392 e. The molecule has 0 aliphatic heterocycles. The summed E-state index contributed by atoms with van der Waals surface area (Å²) in [5.41, 5.74) is 0. The minimum absolute atomic E-state index is 0.0672. The lowest BCUT2D eigenvalue weighted by Crippen LogP contribution is -2.26. The number of nitrogens with one attached hydrogen (secondary N) is 1. The molecule has 17 heavy (non-hydrogen) atoms. The zero-order valence-corrected chi connectivity index (χ0v) is 10.8. The second kappa shape index (κ2) is 6.99. The van der Waals surface area contributed by atoms with Gasteiger partial charge in [0.25, 0.3) is 0 Å². The van der Waals surface area contributed by atoms with Gasteiger partial charge in [-0.15, -0.1) is 0 Å². The van der Waals surface area contributed by atoms with Gasteiger partial charge in [0, 0.05) is 6.04 Å². The smallest absolute Gasteiger partial charge is 0.317 e. The lowest BCUT2D eigenvalue weighted by atomic mass is 10.1. The Bertz CT molecular complexity index is 218. The minimum Gasteiger partial charge on any atom is -0.317 e. The maximum atomic E-state index is 12.2. The molecule has 5 heteroatoms. The number of halogens is 3. The van der Waals surface area contributed by atoms with E-state index >= 15 is 0 Å². The monoisotopic (exact) mass is 253 g/mol. The van der Waals surface area contributed by atoms with E-state index in [0.29, 0.717) is 18.9 Å². The predicted molar refractivity (Wildman–Crippen MR) is 61.7 cm³/mol. The molecule has 2 atom stereocenters. The van der Waals surface area contributed by atoms with Gasteiger partial charge in [0.1, 0.15) is 6.29 Å². The van der Waals surface area contributed by atoms with E-state index in [-0.39, 0.29) is 11.8 Å². The van der Waals surface area contributed by atoms with Crippen LogP contribution in [0.5, 0.6) is 0 Å². The molecule has 102 valence electrons. The first kappa shape index (κ1) is 16.4. The maximum Gasteiger partial charge on any atom is 0.392 e. The first-order valence-electron chi connectivity index (χ1n) is 6.09. The van der Waals surface area contributed by atoms with Crippen molar-refractivity contribution in [1.82, 2.24) is 5.32 Å². The van der Waals surface area contributed by atoms with E-state index in [1.165, 1.54) is 6.92 Å². The summed E-state index contributed by atoms with van der Waals surface area (Å²) < 4.78 is 36.5. The fourth-order valence-corrected chi connectivity index (χ4v) is 2.56.